The van der Waals surface area contributed by atoms with Crippen LogP contribution in [0.25, 0.3) is 10.2 Å². The van der Waals surface area contributed by atoms with Crippen molar-refractivity contribution in [3.63, 3.8) is 0 Å². The number of amides is 1. The van der Waals surface area contributed by atoms with Crippen LogP contribution in [0.5, 0.6) is 0 Å². The number of aromatic nitrogens is 2. The summed E-state index contributed by atoms with van der Waals surface area (Å²) in [6.45, 7) is 5.62. The van der Waals surface area contributed by atoms with Gasteiger partial charge in [0.15, 0.2) is 0 Å². The molecule has 3 aromatic rings. The van der Waals surface area contributed by atoms with Gasteiger partial charge in [-0.25, -0.2) is 18.4 Å². The molecule has 0 aliphatic rings. The molecule has 0 spiro atoms. The first-order chi connectivity index (χ1) is 12.1. The first-order valence-corrected chi connectivity index (χ1v) is 10.5. The number of aryl methyl sites for hydroxylation is 3. The quantitative estimate of drug-likeness (QED) is 0.712. The molecule has 0 atom stereocenters. The number of anilines is 2. The summed E-state index contributed by atoms with van der Waals surface area (Å²) >= 11 is 1.34. The van der Waals surface area contributed by atoms with Gasteiger partial charge in [-0.3, -0.25) is 9.52 Å². The molecule has 0 radical (unpaired) electrons. The molecule has 2 aromatic heterocycles. The maximum atomic E-state index is 12.7. The number of rotatable bonds is 4. The van der Waals surface area contributed by atoms with E-state index in [4.69, 9.17) is 0 Å². The van der Waals surface area contributed by atoms with E-state index in [2.05, 4.69) is 20.0 Å². The number of thiophene rings is 1. The molecule has 26 heavy (non-hydrogen) atoms. The number of fused-ring (bicyclic) bond motifs is 1. The van der Waals surface area contributed by atoms with E-state index in [0.717, 1.165) is 27.7 Å². The third-order valence-electron chi connectivity index (χ3n) is 3.74. The van der Waals surface area contributed by atoms with Crippen LogP contribution in [0.4, 0.5) is 11.4 Å². The highest BCUT2D eigenvalue weighted by Gasteiger charge is 2.18. The molecule has 1 aromatic carbocycles. The van der Waals surface area contributed by atoms with Crippen LogP contribution in [0, 0.1) is 20.8 Å². The molecule has 0 aliphatic carbocycles. The molecule has 3 rings (SSSR count). The molecular formula is C17H18N4O3S2. The first kappa shape index (κ1) is 18.3. The standard InChI is InChI=1S/C17H18N4O3S2/c1-9-14-10(2)18-11(3)19-17(14)25-15(9)16(22)20-12-5-7-13(8-6-12)21-26(4,23)24/h5-8,21H,1-4H3,(H,20,22). The Morgan fingerprint density at radius 2 is 1.65 bits per heavy atom. The van der Waals surface area contributed by atoms with Crippen molar-refractivity contribution in [3.05, 3.63) is 46.2 Å². The van der Waals surface area contributed by atoms with E-state index in [0.29, 0.717) is 22.1 Å². The highest BCUT2D eigenvalue weighted by atomic mass is 32.2. The lowest BCUT2D eigenvalue weighted by molar-refractivity contribution is 0.103. The molecular weight excluding hydrogens is 372 g/mol. The van der Waals surface area contributed by atoms with Crippen LogP contribution in [-0.4, -0.2) is 30.5 Å². The minimum absolute atomic E-state index is 0.230. The number of hydrogen-bond donors (Lipinski definition) is 2. The van der Waals surface area contributed by atoms with Crippen LogP contribution < -0.4 is 10.0 Å². The molecule has 7 nitrogen and oxygen atoms in total. The fraction of sp³-hybridized carbons (Fsp3) is 0.235. The lowest BCUT2D eigenvalue weighted by Gasteiger charge is -2.07. The normalized spacial score (nSPS) is 11.5. The van der Waals surface area contributed by atoms with E-state index < -0.39 is 10.0 Å². The van der Waals surface area contributed by atoms with Crippen LogP contribution in [-0.2, 0) is 10.0 Å². The van der Waals surface area contributed by atoms with E-state index in [1.165, 1.54) is 11.3 Å². The summed E-state index contributed by atoms with van der Waals surface area (Å²) in [4.78, 5) is 22.8. The Kier molecular flexibility index (Phi) is 4.68. The number of carbonyl (C=O) groups is 1. The van der Waals surface area contributed by atoms with E-state index in [1.807, 2.05) is 20.8 Å². The van der Waals surface area contributed by atoms with Crippen molar-refractivity contribution < 1.29 is 13.2 Å². The summed E-state index contributed by atoms with van der Waals surface area (Å²) in [6.07, 6.45) is 1.08. The highest BCUT2D eigenvalue weighted by Crippen LogP contribution is 2.31. The van der Waals surface area contributed by atoms with Gasteiger partial charge in [-0.15, -0.1) is 11.3 Å². The maximum Gasteiger partial charge on any atom is 0.266 e. The summed E-state index contributed by atoms with van der Waals surface area (Å²) in [5.74, 6) is 0.448. The average molecular weight is 390 g/mol. The van der Waals surface area contributed by atoms with E-state index in [9.17, 15) is 13.2 Å². The monoisotopic (exact) mass is 390 g/mol. The summed E-state index contributed by atoms with van der Waals surface area (Å²) in [5.41, 5.74) is 2.72. The molecule has 136 valence electrons. The molecule has 0 fully saturated rings. The van der Waals surface area contributed by atoms with Crippen molar-refractivity contribution in [1.29, 1.82) is 0 Å². The SMILES string of the molecule is Cc1nc(C)c2c(C)c(C(=O)Nc3ccc(NS(C)(=O)=O)cc3)sc2n1. The van der Waals surface area contributed by atoms with Gasteiger partial charge < -0.3 is 5.32 Å². The largest absolute Gasteiger partial charge is 0.321 e. The van der Waals surface area contributed by atoms with E-state index >= 15 is 0 Å². The van der Waals surface area contributed by atoms with Crippen molar-refractivity contribution >= 4 is 48.9 Å². The number of nitrogens with zero attached hydrogens (tertiary/aromatic N) is 2. The summed E-state index contributed by atoms with van der Waals surface area (Å²) < 4.78 is 24.8. The molecule has 0 bridgehead atoms. The molecule has 2 N–H and O–H groups in total. The predicted octanol–water partition coefficient (Wildman–Crippen LogP) is 3.24. The summed E-state index contributed by atoms with van der Waals surface area (Å²) in [5, 5.41) is 3.75. The minimum atomic E-state index is -3.33. The number of benzene rings is 1. The van der Waals surface area contributed by atoms with Crippen molar-refractivity contribution in [2.24, 2.45) is 0 Å². The van der Waals surface area contributed by atoms with Gasteiger partial charge in [0.05, 0.1) is 11.1 Å². The predicted molar refractivity (Wildman–Crippen MR) is 104 cm³/mol. The average Bonchev–Trinajstić information content (AvgIpc) is 2.84. The van der Waals surface area contributed by atoms with Crippen LogP contribution >= 0.6 is 11.3 Å². The molecule has 0 saturated carbocycles. The summed E-state index contributed by atoms with van der Waals surface area (Å²) in [7, 11) is -3.33. The molecule has 1 amide bonds. The van der Waals surface area contributed by atoms with Gasteiger partial charge in [0.2, 0.25) is 10.0 Å². The Morgan fingerprint density at radius 1 is 1.04 bits per heavy atom. The number of carbonyl (C=O) groups excluding carboxylic acids is 1. The highest BCUT2D eigenvalue weighted by molar-refractivity contribution is 7.92. The Morgan fingerprint density at radius 3 is 2.27 bits per heavy atom. The first-order valence-electron chi connectivity index (χ1n) is 7.77. The Labute approximate surface area is 155 Å². The smallest absolute Gasteiger partial charge is 0.266 e. The van der Waals surface area contributed by atoms with Gasteiger partial charge in [0, 0.05) is 22.5 Å². The Bertz CT molecular complexity index is 1100. The van der Waals surface area contributed by atoms with Gasteiger partial charge in [0.1, 0.15) is 10.7 Å². The van der Waals surface area contributed by atoms with Crippen molar-refractivity contribution in [2.45, 2.75) is 20.8 Å². The zero-order valence-electron chi connectivity index (χ0n) is 14.7. The fourth-order valence-electron chi connectivity index (χ4n) is 2.71. The van der Waals surface area contributed by atoms with Crippen LogP contribution in [0.15, 0.2) is 24.3 Å². The molecule has 9 heteroatoms. The van der Waals surface area contributed by atoms with E-state index in [1.54, 1.807) is 24.3 Å². The Balaban J connectivity index is 1.85. The lowest BCUT2D eigenvalue weighted by atomic mass is 10.1. The third kappa shape index (κ3) is 3.83. The van der Waals surface area contributed by atoms with Crippen molar-refractivity contribution in [1.82, 2.24) is 9.97 Å². The minimum Gasteiger partial charge on any atom is -0.321 e. The molecule has 0 saturated heterocycles. The number of sulfonamides is 1. The topological polar surface area (TPSA) is 101 Å². The van der Waals surface area contributed by atoms with Crippen molar-refractivity contribution in [2.75, 3.05) is 16.3 Å². The van der Waals surface area contributed by atoms with Gasteiger partial charge in [0.25, 0.3) is 5.91 Å². The van der Waals surface area contributed by atoms with Gasteiger partial charge in [-0.05, 0) is 50.6 Å². The zero-order chi connectivity index (χ0) is 19.1. The molecule has 0 unspecified atom stereocenters. The second-order valence-corrected chi connectivity index (χ2v) is 8.75. The van der Waals surface area contributed by atoms with Crippen LogP contribution in [0.1, 0.15) is 26.8 Å². The number of nitrogens with one attached hydrogen (secondary N) is 2. The Hall–Kier alpha value is -2.52. The maximum absolute atomic E-state index is 12.7. The van der Waals surface area contributed by atoms with Crippen LogP contribution in [0.3, 0.4) is 0 Å². The zero-order valence-corrected chi connectivity index (χ0v) is 16.4. The fourth-order valence-corrected chi connectivity index (χ4v) is 4.45. The van der Waals surface area contributed by atoms with Crippen molar-refractivity contribution in [3.8, 4) is 0 Å². The second kappa shape index (κ2) is 6.65. The lowest BCUT2D eigenvalue weighted by Crippen LogP contribution is -2.12. The second-order valence-electron chi connectivity index (χ2n) is 6.00. The van der Waals surface area contributed by atoms with E-state index in [-0.39, 0.29) is 5.91 Å². The summed E-state index contributed by atoms with van der Waals surface area (Å²) in [6, 6.07) is 6.47. The number of hydrogen-bond acceptors (Lipinski definition) is 6. The third-order valence-corrected chi connectivity index (χ3v) is 5.53. The molecule has 0 aliphatic heterocycles. The van der Waals surface area contributed by atoms with Gasteiger partial charge >= 0.3 is 0 Å². The van der Waals surface area contributed by atoms with Gasteiger partial charge in [-0.1, -0.05) is 0 Å². The molecule has 2 heterocycles. The van der Waals surface area contributed by atoms with Crippen LogP contribution in [0.2, 0.25) is 0 Å². The van der Waals surface area contributed by atoms with Gasteiger partial charge in [-0.2, -0.15) is 0 Å².